The molecule has 0 bridgehead atoms. The highest BCUT2D eigenvalue weighted by molar-refractivity contribution is 6.18. The summed E-state index contributed by atoms with van der Waals surface area (Å²) >= 11 is 5.84. The summed E-state index contributed by atoms with van der Waals surface area (Å²) in [5.74, 6) is 1.80. The number of hydrogen-bond donors (Lipinski definition) is 0. The standard InChI is InChI=1S/C11H16ClN3O2/c1-8-6-15(7-9(3-12)17-8)10-4-13-5-11(14-10)16-2/h4-5,8-9H,3,6-7H2,1-2H3. The van der Waals surface area contributed by atoms with E-state index < -0.39 is 0 Å². The molecule has 2 rings (SSSR count). The number of nitrogens with zero attached hydrogens (tertiary/aromatic N) is 3. The maximum atomic E-state index is 5.84. The first kappa shape index (κ1) is 12.4. The number of ether oxygens (including phenoxy) is 2. The number of hydrogen-bond acceptors (Lipinski definition) is 5. The van der Waals surface area contributed by atoms with Gasteiger partial charge in [-0.2, -0.15) is 4.98 Å². The lowest BCUT2D eigenvalue weighted by Gasteiger charge is -2.36. The van der Waals surface area contributed by atoms with E-state index in [9.17, 15) is 0 Å². The fourth-order valence-corrected chi connectivity index (χ4v) is 2.08. The van der Waals surface area contributed by atoms with Crippen molar-refractivity contribution < 1.29 is 9.47 Å². The molecule has 1 aliphatic rings. The second kappa shape index (κ2) is 5.51. The Morgan fingerprint density at radius 2 is 2.35 bits per heavy atom. The maximum absolute atomic E-state index is 5.84. The summed E-state index contributed by atoms with van der Waals surface area (Å²) in [6, 6.07) is 0. The average molecular weight is 258 g/mol. The van der Waals surface area contributed by atoms with Gasteiger partial charge >= 0.3 is 0 Å². The third-order valence-corrected chi connectivity index (χ3v) is 2.98. The Kier molecular flexibility index (Phi) is 4.02. The lowest BCUT2D eigenvalue weighted by atomic mass is 10.2. The minimum Gasteiger partial charge on any atom is -0.480 e. The average Bonchev–Trinajstić information content (AvgIpc) is 2.38. The molecule has 0 spiro atoms. The molecule has 1 saturated heterocycles. The largest absolute Gasteiger partial charge is 0.480 e. The third kappa shape index (κ3) is 2.98. The molecule has 1 aromatic heterocycles. The number of aromatic nitrogens is 2. The Labute approximate surface area is 106 Å². The van der Waals surface area contributed by atoms with Crippen molar-refractivity contribution in [1.82, 2.24) is 9.97 Å². The van der Waals surface area contributed by atoms with Crippen LogP contribution in [0.4, 0.5) is 5.82 Å². The lowest BCUT2D eigenvalue weighted by Crippen LogP contribution is -2.47. The molecule has 5 nitrogen and oxygen atoms in total. The van der Waals surface area contributed by atoms with Crippen molar-refractivity contribution in [3.05, 3.63) is 12.4 Å². The van der Waals surface area contributed by atoms with Crippen LogP contribution in [0.25, 0.3) is 0 Å². The van der Waals surface area contributed by atoms with Crippen molar-refractivity contribution in [3.63, 3.8) is 0 Å². The molecule has 6 heteroatoms. The molecule has 0 aliphatic carbocycles. The highest BCUT2D eigenvalue weighted by atomic mass is 35.5. The zero-order valence-electron chi connectivity index (χ0n) is 9.97. The molecule has 2 heterocycles. The van der Waals surface area contributed by atoms with E-state index in [0.29, 0.717) is 11.8 Å². The molecule has 17 heavy (non-hydrogen) atoms. The zero-order valence-corrected chi connectivity index (χ0v) is 10.7. The molecule has 1 fully saturated rings. The molecule has 94 valence electrons. The number of rotatable bonds is 3. The number of morpholine rings is 1. The van der Waals surface area contributed by atoms with Crippen LogP contribution in [0.3, 0.4) is 0 Å². The SMILES string of the molecule is COc1cncc(N2CC(C)OC(CCl)C2)n1. The van der Waals surface area contributed by atoms with Crippen LogP contribution in [0.15, 0.2) is 12.4 Å². The summed E-state index contributed by atoms with van der Waals surface area (Å²) < 4.78 is 10.8. The summed E-state index contributed by atoms with van der Waals surface area (Å²) in [6.45, 7) is 3.55. The third-order valence-electron chi connectivity index (χ3n) is 2.63. The van der Waals surface area contributed by atoms with Crippen LogP contribution in [0.5, 0.6) is 5.88 Å². The summed E-state index contributed by atoms with van der Waals surface area (Å²) in [5, 5.41) is 0. The van der Waals surface area contributed by atoms with E-state index in [2.05, 4.69) is 14.9 Å². The molecule has 1 aromatic rings. The first-order valence-corrected chi connectivity index (χ1v) is 6.08. The van der Waals surface area contributed by atoms with Crippen molar-refractivity contribution in [2.75, 3.05) is 31.0 Å². The molecule has 2 unspecified atom stereocenters. The van der Waals surface area contributed by atoms with Crippen molar-refractivity contribution >= 4 is 17.4 Å². The van der Waals surface area contributed by atoms with Crippen LogP contribution in [0, 0.1) is 0 Å². The predicted octanol–water partition coefficient (Wildman–Crippen LogP) is 1.32. The van der Waals surface area contributed by atoms with E-state index in [1.54, 1.807) is 19.5 Å². The monoisotopic (exact) mass is 257 g/mol. The van der Waals surface area contributed by atoms with E-state index in [0.717, 1.165) is 18.9 Å². The van der Waals surface area contributed by atoms with Gasteiger partial charge in [-0.25, -0.2) is 0 Å². The van der Waals surface area contributed by atoms with Gasteiger partial charge in [0.1, 0.15) is 0 Å². The van der Waals surface area contributed by atoms with Gasteiger partial charge in [0.25, 0.3) is 0 Å². The topological polar surface area (TPSA) is 47.5 Å². The smallest absolute Gasteiger partial charge is 0.233 e. The van der Waals surface area contributed by atoms with E-state index >= 15 is 0 Å². The van der Waals surface area contributed by atoms with Crippen molar-refractivity contribution in [3.8, 4) is 5.88 Å². The second-order valence-corrected chi connectivity index (χ2v) is 4.36. The van der Waals surface area contributed by atoms with Crippen molar-refractivity contribution in [2.24, 2.45) is 0 Å². The highest BCUT2D eigenvalue weighted by Crippen LogP contribution is 2.20. The Morgan fingerprint density at radius 1 is 1.53 bits per heavy atom. The maximum Gasteiger partial charge on any atom is 0.233 e. The first-order valence-electron chi connectivity index (χ1n) is 5.55. The lowest BCUT2D eigenvalue weighted by molar-refractivity contribution is -0.00361. The van der Waals surface area contributed by atoms with Crippen LogP contribution >= 0.6 is 11.6 Å². The zero-order chi connectivity index (χ0) is 12.3. The highest BCUT2D eigenvalue weighted by Gasteiger charge is 2.25. The molecule has 0 aromatic carbocycles. The number of alkyl halides is 1. The summed E-state index contributed by atoms with van der Waals surface area (Å²) in [7, 11) is 1.58. The van der Waals surface area contributed by atoms with Gasteiger partial charge in [0, 0.05) is 13.1 Å². The molecular formula is C11H16ClN3O2. The normalized spacial score (nSPS) is 24.8. The summed E-state index contributed by atoms with van der Waals surface area (Å²) in [6.07, 6.45) is 3.49. The number of anilines is 1. The van der Waals surface area contributed by atoms with Crippen molar-refractivity contribution in [2.45, 2.75) is 19.1 Å². The molecular weight excluding hydrogens is 242 g/mol. The van der Waals surface area contributed by atoms with Gasteiger partial charge in [-0.3, -0.25) is 4.98 Å². The number of methoxy groups -OCH3 is 1. The van der Waals surface area contributed by atoms with Gasteiger partial charge in [-0.15, -0.1) is 11.6 Å². The van der Waals surface area contributed by atoms with Gasteiger partial charge in [0.2, 0.25) is 5.88 Å². The van der Waals surface area contributed by atoms with Gasteiger partial charge in [0.15, 0.2) is 5.82 Å². The van der Waals surface area contributed by atoms with E-state index in [1.165, 1.54) is 0 Å². The Bertz CT molecular complexity index is 377. The molecule has 1 aliphatic heterocycles. The molecule has 0 saturated carbocycles. The second-order valence-electron chi connectivity index (χ2n) is 4.05. The van der Waals surface area contributed by atoms with Crippen LogP contribution in [-0.4, -0.2) is 48.3 Å². The van der Waals surface area contributed by atoms with Gasteiger partial charge in [-0.1, -0.05) is 0 Å². The Balaban J connectivity index is 2.14. The van der Waals surface area contributed by atoms with E-state index in [1.807, 2.05) is 6.92 Å². The van der Waals surface area contributed by atoms with Gasteiger partial charge in [0.05, 0.1) is 37.6 Å². The number of halogens is 1. The van der Waals surface area contributed by atoms with Crippen LogP contribution < -0.4 is 9.64 Å². The fourth-order valence-electron chi connectivity index (χ4n) is 1.91. The fraction of sp³-hybridized carbons (Fsp3) is 0.636. The summed E-state index contributed by atoms with van der Waals surface area (Å²) in [4.78, 5) is 10.6. The van der Waals surface area contributed by atoms with Gasteiger partial charge < -0.3 is 14.4 Å². The quantitative estimate of drug-likeness (QED) is 0.765. The molecule has 0 radical (unpaired) electrons. The minimum atomic E-state index is 0.0356. The predicted molar refractivity (Wildman–Crippen MR) is 65.9 cm³/mol. The molecule has 2 atom stereocenters. The van der Waals surface area contributed by atoms with E-state index in [-0.39, 0.29) is 12.2 Å². The Hall–Kier alpha value is -1.07. The molecule has 0 amide bonds. The van der Waals surface area contributed by atoms with Crippen LogP contribution in [0.1, 0.15) is 6.92 Å². The molecule has 0 N–H and O–H groups in total. The van der Waals surface area contributed by atoms with Crippen LogP contribution in [0.2, 0.25) is 0 Å². The Morgan fingerprint density at radius 3 is 3.06 bits per heavy atom. The van der Waals surface area contributed by atoms with E-state index in [4.69, 9.17) is 21.1 Å². The van der Waals surface area contributed by atoms with Gasteiger partial charge in [-0.05, 0) is 6.92 Å². The van der Waals surface area contributed by atoms with Crippen molar-refractivity contribution in [1.29, 1.82) is 0 Å². The summed E-state index contributed by atoms with van der Waals surface area (Å²) in [5.41, 5.74) is 0. The minimum absolute atomic E-state index is 0.0356. The first-order chi connectivity index (χ1) is 8.22. The van der Waals surface area contributed by atoms with Crippen LogP contribution in [-0.2, 0) is 4.74 Å².